The summed E-state index contributed by atoms with van der Waals surface area (Å²) in [5, 5.41) is 11.5. The quantitative estimate of drug-likeness (QED) is 0.0834. The first-order valence-corrected chi connectivity index (χ1v) is 15.5. The molecule has 0 amide bonds. The predicted octanol–water partition coefficient (Wildman–Crippen LogP) is 5.22. The molecule has 2 heterocycles. The van der Waals surface area contributed by atoms with Gasteiger partial charge in [0.1, 0.15) is 36.5 Å². The highest BCUT2D eigenvalue weighted by molar-refractivity contribution is 5.49. The van der Waals surface area contributed by atoms with Crippen molar-refractivity contribution in [3.63, 3.8) is 0 Å². The number of rotatable bonds is 13. The molecule has 3 aromatic carbocycles. The number of hydrogen-bond acceptors (Lipinski definition) is 8. The minimum Gasteiger partial charge on any atom is -0.497 e. The van der Waals surface area contributed by atoms with E-state index in [2.05, 4.69) is 4.74 Å². The molecule has 51 heavy (non-hydrogen) atoms. The van der Waals surface area contributed by atoms with Crippen molar-refractivity contribution in [1.29, 1.82) is 0 Å². The lowest BCUT2D eigenvalue weighted by Crippen LogP contribution is -2.42. The molecule has 0 bridgehead atoms. The zero-order valence-corrected chi connectivity index (χ0v) is 27.2. The number of aliphatic hydroxyl groups is 1. The van der Waals surface area contributed by atoms with Crippen LogP contribution in [-0.2, 0) is 24.5 Å². The third kappa shape index (κ3) is 8.37. The van der Waals surface area contributed by atoms with E-state index in [-0.39, 0.29) is 6.61 Å². The SMILES string of the molecule is COc1ccc(C(OC[C@H]2O[C@@H](n3ccc(=O)[nH]c3=O)C(OCOCC(C(F)(F)F)C(F)(F)F)[C@H]2O)(c2ccccc2)c2ccc(C)cc2)cc1. The van der Waals surface area contributed by atoms with Crippen LogP contribution in [0.5, 0.6) is 5.75 Å². The van der Waals surface area contributed by atoms with E-state index < -0.39 is 73.1 Å². The second-order valence-electron chi connectivity index (χ2n) is 11.8. The second-order valence-corrected chi connectivity index (χ2v) is 11.8. The Balaban J connectivity index is 1.48. The molecule has 16 heteroatoms. The van der Waals surface area contributed by atoms with Gasteiger partial charge in [-0.05, 0) is 35.7 Å². The molecule has 0 aliphatic carbocycles. The number of halogens is 6. The Labute approximate surface area is 287 Å². The fourth-order valence-corrected chi connectivity index (χ4v) is 5.80. The van der Waals surface area contributed by atoms with Crippen LogP contribution in [0.2, 0.25) is 0 Å². The molecule has 1 aliphatic heterocycles. The Morgan fingerprint density at radius 2 is 1.45 bits per heavy atom. The lowest BCUT2D eigenvalue weighted by atomic mass is 9.79. The van der Waals surface area contributed by atoms with Gasteiger partial charge in [0, 0.05) is 12.3 Å². The van der Waals surface area contributed by atoms with Gasteiger partial charge in [0.25, 0.3) is 5.56 Å². The summed E-state index contributed by atoms with van der Waals surface area (Å²) in [6.07, 6.45) is -16.3. The van der Waals surface area contributed by atoms with Crippen molar-refractivity contribution in [2.75, 3.05) is 27.1 Å². The van der Waals surface area contributed by atoms with Crippen molar-refractivity contribution in [2.45, 2.75) is 49.4 Å². The highest BCUT2D eigenvalue weighted by Crippen LogP contribution is 2.43. The molecule has 2 unspecified atom stereocenters. The predicted molar refractivity (Wildman–Crippen MR) is 169 cm³/mol. The number of aromatic amines is 1. The number of H-pyrrole nitrogens is 1. The highest BCUT2D eigenvalue weighted by Gasteiger charge is 2.57. The molecule has 2 N–H and O–H groups in total. The summed E-state index contributed by atoms with van der Waals surface area (Å²) < 4.78 is 107. The smallest absolute Gasteiger partial charge is 0.402 e. The lowest BCUT2D eigenvalue weighted by Gasteiger charge is -2.37. The molecular weight excluding hydrogens is 690 g/mol. The minimum absolute atomic E-state index is 0.379. The summed E-state index contributed by atoms with van der Waals surface area (Å²) in [4.78, 5) is 26.5. The molecule has 0 radical (unpaired) electrons. The summed E-state index contributed by atoms with van der Waals surface area (Å²) in [6.45, 7) is -1.42. The number of ether oxygens (including phenoxy) is 5. The maximum Gasteiger partial charge on any atom is 0.402 e. The van der Waals surface area contributed by atoms with Gasteiger partial charge in [-0.1, -0.05) is 72.3 Å². The first-order chi connectivity index (χ1) is 24.1. The molecule has 5 rings (SSSR count). The largest absolute Gasteiger partial charge is 0.497 e. The van der Waals surface area contributed by atoms with Gasteiger partial charge in [-0.15, -0.1) is 0 Å². The van der Waals surface area contributed by atoms with Crippen LogP contribution < -0.4 is 16.0 Å². The van der Waals surface area contributed by atoms with Crippen LogP contribution in [0.15, 0.2) is 101 Å². The summed E-state index contributed by atoms with van der Waals surface area (Å²) in [6, 6.07) is 24.8. The highest BCUT2D eigenvalue weighted by atomic mass is 19.4. The topological polar surface area (TPSA) is 121 Å². The van der Waals surface area contributed by atoms with E-state index >= 15 is 0 Å². The van der Waals surface area contributed by atoms with Gasteiger partial charge in [-0.25, -0.2) is 4.79 Å². The number of nitrogens with zero attached hydrogens (tertiary/aromatic N) is 1. The van der Waals surface area contributed by atoms with Crippen LogP contribution in [0.3, 0.4) is 0 Å². The van der Waals surface area contributed by atoms with Gasteiger partial charge < -0.3 is 28.8 Å². The number of aromatic nitrogens is 2. The monoisotopic (exact) mass is 724 g/mol. The molecule has 1 aliphatic rings. The van der Waals surface area contributed by atoms with Crippen LogP contribution >= 0.6 is 0 Å². The van der Waals surface area contributed by atoms with Gasteiger partial charge in [-0.3, -0.25) is 14.3 Å². The number of aliphatic hydroxyl groups excluding tert-OH is 1. The zero-order valence-electron chi connectivity index (χ0n) is 27.2. The Morgan fingerprint density at radius 1 is 0.863 bits per heavy atom. The van der Waals surface area contributed by atoms with Gasteiger partial charge >= 0.3 is 18.0 Å². The van der Waals surface area contributed by atoms with Gasteiger partial charge in [0.05, 0.1) is 20.3 Å². The number of aryl methyl sites for hydroxylation is 1. The molecule has 0 saturated carbocycles. The van der Waals surface area contributed by atoms with E-state index in [1.54, 1.807) is 24.3 Å². The molecule has 274 valence electrons. The molecule has 1 aromatic heterocycles. The molecule has 4 aromatic rings. The number of alkyl halides is 6. The van der Waals surface area contributed by atoms with Crippen molar-refractivity contribution in [3.8, 4) is 5.75 Å². The van der Waals surface area contributed by atoms with E-state index in [0.29, 0.717) is 22.4 Å². The summed E-state index contributed by atoms with van der Waals surface area (Å²) >= 11 is 0. The number of methoxy groups -OCH3 is 1. The molecule has 10 nitrogen and oxygen atoms in total. The van der Waals surface area contributed by atoms with E-state index in [4.69, 9.17) is 18.9 Å². The Bertz CT molecular complexity index is 1830. The molecule has 1 saturated heterocycles. The lowest BCUT2D eigenvalue weighted by molar-refractivity contribution is -0.299. The number of benzene rings is 3. The molecule has 0 spiro atoms. The van der Waals surface area contributed by atoms with Crippen LogP contribution in [0, 0.1) is 12.8 Å². The number of nitrogens with one attached hydrogen (secondary N) is 1. The summed E-state index contributed by atoms with van der Waals surface area (Å²) in [5.74, 6) is -3.21. The minimum atomic E-state index is -5.64. The fraction of sp³-hybridized carbons (Fsp3) is 0.371. The maximum atomic E-state index is 13.0. The summed E-state index contributed by atoms with van der Waals surface area (Å²) in [5.41, 5.74) is -0.0727. The van der Waals surface area contributed by atoms with Crippen molar-refractivity contribution in [1.82, 2.24) is 9.55 Å². The van der Waals surface area contributed by atoms with Crippen LogP contribution in [0.4, 0.5) is 26.3 Å². The normalized spacial score (nSPS) is 20.7. The van der Waals surface area contributed by atoms with E-state index in [1.165, 1.54) is 7.11 Å². The fourth-order valence-electron chi connectivity index (χ4n) is 5.80. The van der Waals surface area contributed by atoms with Crippen LogP contribution in [-0.4, -0.2) is 72.4 Å². The van der Waals surface area contributed by atoms with E-state index in [1.807, 2.05) is 66.5 Å². The Morgan fingerprint density at radius 3 is 2.02 bits per heavy atom. The first-order valence-electron chi connectivity index (χ1n) is 15.5. The van der Waals surface area contributed by atoms with Gasteiger partial charge in [0.15, 0.2) is 12.1 Å². The Hall–Kier alpha value is -4.48. The van der Waals surface area contributed by atoms with E-state index in [9.17, 15) is 41.0 Å². The standard InChI is InChI=1S/C35H34F6N2O8/c1-21-8-10-23(11-9-21)33(22-6-4-3-5-7-22,24-12-14-25(47-2)15-13-24)50-18-26-29(45)30(31(51-26)43-17-16-28(44)42-32(43)46)49-20-48-19-27(34(36,37)38)35(39,40)41/h3-17,26-27,29-31,45H,18-20H2,1-2H3,(H,42,44,46)/t26-,29+,30?,31-,33?/m1/s1. The van der Waals surface area contributed by atoms with Crippen molar-refractivity contribution in [3.05, 3.63) is 134 Å². The van der Waals surface area contributed by atoms with Crippen molar-refractivity contribution in [2.24, 2.45) is 5.92 Å². The average Bonchev–Trinajstić information content (AvgIpc) is 3.39. The van der Waals surface area contributed by atoms with Crippen molar-refractivity contribution < 1.29 is 55.1 Å². The zero-order chi connectivity index (χ0) is 37.0. The van der Waals surface area contributed by atoms with Crippen molar-refractivity contribution >= 4 is 0 Å². The first kappa shape index (κ1) is 37.8. The summed E-state index contributed by atoms with van der Waals surface area (Å²) in [7, 11) is 1.52. The molecular formula is C35H34F6N2O8. The Kier molecular flexibility index (Phi) is 11.4. The van der Waals surface area contributed by atoms with Crippen LogP contribution in [0.25, 0.3) is 0 Å². The van der Waals surface area contributed by atoms with E-state index in [0.717, 1.165) is 22.4 Å². The third-order valence-electron chi connectivity index (χ3n) is 8.46. The molecule has 1 fully saturated rings. The van der Waals surface area contributed by atoms with Gasteiger partial charge in [0.2, 0.25) is 0 Å². The molecule has 5 atom stereocenters. The second kappa shape index (κ2) is 15.4. The number of hydrogen-bond donors (Lipinski definition) is 2. The third-order valence-corrected chi connectivity index (χ3v) is 8.46. The average molecular weight is 725 g/mol. The van der Waals surface area contributed by atoms with Crippen LogP contribution in [0.1, 0.15) is 28.5 Å². The maximum absolute atomic E-state index is 13.0. The van der Waals surface area contributed by atoms with Gasteiger partial charge in [-0.2, -0.15) is 26.3 Å².